The standard InChI is InChI=1S/C20H26N6O/c1-4-26-9-5-6-16(19(26)17-12-23-25(3)14-17)13-24(2)20(27)18-8-7-15(10-21)11-22-18/h7-8,11-12,14,16,19H,4-6,9,13H2,1-3H3/t16-,19+/m0/s1. The van der Waals surface area contributed by atoms with Gasteiger partial charge in [0.2, 0.25) is 0 Å². The van der Waals surface area contributed by atoms with Crippen molar-refractivity contribution in [3.63, 3.8) is 0 Å². The third kappa shape index (κ3) is 4.17. The Morgan fingerprint density at radius 2 is 2.22 bits per heavy atom. The molecule has 7 heteroatoms. The predicted octanol–water partition coefficient (Wildman–Crippen LogP) is 2.23. The summed E-state index contributed by atoms with van der Waals surface area (Å²) in [7, 11) is 3.76. The van der Waals surface area contributed by atoms with E-state index in [2.05, 4.69) is 28.1 Å². The lowest BCUT2D eigenvalue weighted by Crippen LogP contribution is -2.44. The first-order chi connectivity index (χ1) is 13.0. The fraction of sp³-hybridized carbons (Fsp3) is 0.500. The maximum Gasteiger partial charge on any atom is 0.272 e. The number of pyridine rings is 1. The van der Waals surface area contributed by atoms with Crippen LogP contribution in [0, 0.1) is 17.2 Å². The van der Waals surface area contributed by atoms with Gasteiger partial charge in [0.25, 0.3) is 5.91 Å². The molecule has 3 rings (SSSR count). The van der Waals surface area contributed by atoms with Gasteiger partial charge in [-0.3, -0.25) is 14.4 Å². The number of hydrogen-bond donors (Lipinski definition) is 0. The molecule has 142 valence electrons. The smallest absolute Gasteiger partial charge is 0.272 e. The third-order valence-electron chi connectivity index (χ3n) is 5.30. The van der Waals surface area contributed by atoms with Crippen LogP contribution < -0.4 is 0 Å². The summed E-state index contributed by atoms with van der Waals surface area (Å²) in [6, 6.07) is 5.54. The second kappa shape index (κ2) is 8.31. The van der Waals surface area contributed by atoms with Crippen LogP contribution in [-0.4, -0.2) is 57.2 Å². The molecule has 1 fully saturated rings. The lowest BCUT2D eigenvalue weighted by atomic mass is 9.85. The van der Waals surface area contributed by atoms with Crippen molar-refractivity contribution < 1.29 is 4.79 Å². The Morgan fingerprint density at radius 1 is 1.41 bits per heavy atom. The highest BCUT2D eigenvalue weighted by Gasteiger charge is 2.34. The Kier molecular flexibility index (Phi) is 5.87. The van der Waals surface area contributed by atoms with Crippen LogP contribution in [0.4, 0.5) is 0 Å². The van der Waals surface area contributed by atoms with E-state index in [0.717, 1.165) is 25.9 Å². The molecule has 1 aliphatic heterocycles. The van der Waals surface area contributed by atoms with Gasteiger partial charge in [0.15, 0.2) is 0 Å². The van der Waals surface area contributed by atoms with Crippen LogP contribution in [0.1, 0.15) is 47.4 Å². The van der Waals surface area contributed by atoms with E-state index >= 15 is 0 Å². The minimum absolute atomic E-state index is 0.113. The second-order valence-electron chi connectivity index (χ2n) is 7.15. The van der Waals surface area contributed by atoms with E-state index in [-0.39, 0.29) is 11.9 Å². The minimum atomic E-state index is -0.113. The van der Waals surface area contributed by atoms with Crippen LogP contribution >= 0.6 is 0 Å². The fourth-order valence-corrected chi connectivity index (χ4v) is 3.99. The Hall–Kier alpha value is -2.72. The van der Waals surface area contributed by atoms with Gasteiger partial charge < -0.3 is 4.90 Å². The van der Waals surface area contributed by atoms with Gasteiger partial charge in [0.1, 0.15) is 11.8 Å². The highest BCUT2D eigenvalue weighted by atomic mass is 16.2. The first-order valence-electron chi connectivity index (χ1n) is 9.37. The zero-order valence-corrected chi connectivity index (χ0v) is 16.2. The van der Waals surface area contributed by atoms with Crippen molar-refractivity contribution in [2.24, 2.45) is 13.0 Å². The van der Waals surface area contributed by atoms with E-state index in [9.17, 15) is 4.79 Å². The maximum absolute atomic E-state index is 12.8. The van der Waals surface area contributed by atoms with Crippen LogP contribution in [-0.2, 0) is 7.05 Å². The molecule has 3 heterocycles. The third-order valence-corrected chi connectivity index (χ3v) is 5.30. The zero-order valence-electron chi connectivity index (χ0n) is 16.2. The van der Waals surface area contributed by atoms with Gasteiger partial charge in [-0.05, 0) is 44.0 Å². The van der Waals surface area contributed by atoms with Crippen molar-refractivity contribution in [3.8, 4) is 6.07 Å². The van der Waals surface area contributed by atoms with Crippen LogP contribution in [0.5, 0.6) is 0 Å². The van der Waals surface area contributed by atoms with Gasteiger partial charge >= 0.3 is 0 Å². The number of amides is 1. The van der Waals surface area contributed by atoms with Gasteiger partial charge in [-0.1, -0.05) is 6.92 Å². The number of piperidine rings is 1. The van der Waals surface area contributed by atoms with Crippen molar-refractivity contribution in [3.05, 3.63) is 47.5 Å². The predicted molar refractivity (Wildman–Crippen MR) is 102 cm³/mol. The summed E-state index contributed by atoms with van der Waals surface area (Å²) in [5.41, 5.74) is 2.04. The highest BCUT2D eigenvalue weighted by Crippen LogP contribution is 2.36. The molecule has 0 radical (unpaired) electrons. The normalized spacial score (nSPS) is 20.2. The Morgan fingerprint density at radius 3 is 2.81 bits per heavy atom. The molecule has 0 bridgehead atoms. The molecule has 0 unspecified atom stereocenters. The molecule has 7 nitrogen and oxygen atoms in total. The van der Waals surface area contributed by atoms with Crippen molar-refractivity contribution in [1.82, 2.24) is 24.6 Å². The lowest BCUT2D eigenvalue weighted by molar-refractivity contribution is 0.0585. The van der Waals surface area contributed by atoms with Gasteiger partial charge in [-0.15, -0.1) is 0 Å². The molecule has 2 aromatic heterocycles. The Balaban J connectivity index is 1.76. The molecule has 1 amide bonds. The molecule has 1 saturated heterocycles. The molecule has 2 atom stereocenters. The molecule has 0 N–H and O–H groups in total. The van der Waals surface area contributed by atoms with Gasteiger partial charge in [-0.25, -0.2) is 4.98 Å². The van der Waals surface area contributed by atoms with E-state index in [0.29, 0.717) is 23.7 Å². The van der Waals surface area contributed by atoms with Crippen LogP contribution in [0.15, 0.2) is 30.7 Å². The lowest BCUT2D eigenvalue weighted by Gasteiger charge is -2.42. The summed E-state index contributed by atoms with van der Waals surface area (Å²) < 4.78 is 1.84. The van der Waals surface area contributed by atoms with Crippen LogP contribution in [0.3, 0.4) is 0 Å². The largest absolute Gasteiger partial charge is 0.340 e. The second-order valence-corrected chi connectivity index (χ2v) is 7.15. The molecule has 0 spiro atoms. The van der Waals surface area contributed by atoms with Crippen molar-refractivity contribution >= 4 is 5.91 Å². The molecule has 1 aliphatic rings. The molecule has 0 aliphatic carbocycles. The number of aryl methyl sites for hydroxylation is 1. The minimum Gasteiger partial charge on any atom is -0.340 e. The number of nitriles is 1. The van der Waals surface area contributed by atoms with E-state index in [1.807, 2.05) is 31.0 Å². The van der Waals surface area contributed by atoms with Crippen molar-refractivity contribution in [1.29, 1.82) is 5.26 Å². The van der Waals surface area contributed by atoms with Crippen molar-refractivity contribution in [2.45, 2.75) is 25.8 Å². The number of carbonyl (C=O) groups excluding carboxylic acids is 1. The van der Waals surface area contributed by atoms with E-state index < -0.39 is 0 Å². The average Bonchev–Trinajstić information content (AvgIpc) is 3.13. The van der Waals surface area contributed by atoms with Gasteiger partial charge in [0, 0.05) is 44.6 Å². The quantitative estimate of drug-likeness (QED) is 0.811. The summed E-state index contributed by atoms with van der Waals surface area (Å²) in [4.78, 5) is 21.1. The molecule has 0 aromatic carbocycles. The summed E-state index contributed by atoms with van der Waals surface area (Å²) in [6.07, 6.45) is 7.67. The number of likely N-dealkylation sites (tertiary alicyclic amines) is 1. The van der Waals surface area contributed by atoms with E-state index in [1.165, 1.54) is 11.8 Å². The average molecular weight is 366 g/mol. The van der Waals surface area contributed by atoms with E-state index in [1.54, 1.807) is 17.0 Å². The molecule has 2 aromatic rings. The maximum atomic E-state index is 12.8. The number of nitrogens with zero attached hydrogens (tertiary/aromatic N) is 6. The SMILES string of the molecule is CCN1CCC[C@@H](CN(C)C(=O)c2ccc(C#N)cn2)[C@@H]1c1cnn(C)c1. The fourth-order valence-electron chi connectivity index (χ4n) is 3.99. The number of aromatic nitrogens is 3. The molecule has 0 saturated carbocycles. The molecular formula is C20H26N6O. The van der Waals surface area contributed by atoms with Crippen LogP contribution in [0.25, 0.3) is 0 Å². The molecule has 27 heavy (non-hydrogen) atoms. The topological polar surface area (TPSA) is 78.1 Å². The monoisotopic (exact) mass is 366 g/mol. The summed E-state index contributed by atoms with van der Waals surface area (Å²) in [5.74, 6) is 0.230. The number of hydrogen-bond acceptors (Lipinski definition) is 5. The summed E-state index contributed by atoms with van der Waals surface area (Å²) in [6.45, 7) is 4.89. The highest BCUT2D eigenvalue weighted by molar-refractivity contribution is 5.92. The number of rotatable bonds is 5. The first kappa shape index (κ1) is 19.1. The van der Waals surface area contributed by atoms with Gasteiger partial charge in [0.05, 0.1) is 11.8 Å². The van der Waals surface area contributed by atoms with E-state index in [4.69, 9.17) is 5.26 Å². The van der Waals surface area contributed by atoms with Crippen molar-refractivity contribution in [2.75, 3.05) is 26.7 Å². The molecular weight excluding hydrogens is 340 g/mol. The van der Waals surface area contributed by atoms with Crippen LogP contribution in [0.2, 0.25) is 0 Å². The Labute approximate surface area is 160 Å². The number of carbonyl (C=O) groups is 1. The Bertz CT molecular complexity index is 822. The van der Waals surface area contributed by atoms with Gasteiger partial charge in [-0.2, -0.15) is 10.4 Å². The zero-order chi connectivity index (χ0) is 19.4. The summed E-state index contributed by atoms with van der Waals surface area (Å²) in [5, 5.41) is 13.2. The first-order valence-corrected chi connectivity index (χ1v) is 9.37. The summed E-state index contributed by atoms with van der Waals surface area (Å²) >= 11 is 0.